The third-order valence-corrected chi connectivity index (χ3v) is 6.11. The van der Waals surface area contributed by atoms with E-state index in [1.165, 1.54) is 11.3 Å². The lowest BCUT2D eigenvalue weighted by atomic mass is 10.1. The van der Waals surface area contributed by atoms with E-state index in [4.69, 9.17) is 0 Å². The average Bonchev–Trinajstić information content (AvgIpc) is 2.87. The molecular formula is C13H24N4O2S2. The predicted molar refractivity (Wildman–Crippen MR) is 87.0 cm³/mol. The minimum absolute atomic E-state index is 0.0192. The first-order valence-electron chi connectivity index (χ1n) is 7.33. The molecule has 0 saturated carbocycles. The lowest BCUT2D eigenvalue weighted by Crippen LogP contribution is -2.49. The molecule has 1 saturated heterocycles. The number of thiazole rings is 1. The van der Waals surface area contributed by atoms with Crippen LogP contribution in [0.5, 0.6) is 0 Å². The highest BCUT2D eigenvalue weighted by Crippen LogP contribution is 2.25. The van der Waals surface area contributed by atoms with E-state index in [0.29, 0.717) is 24.1 Å². The Labute approximate surface area is 131 Å². The molecule has 120 valence electrons. The Morgan fingerprint density at radius 2 is 2.24 bits per heavy atom. The number of nitrogens with zero attached hydrogens (tertiary/aromatic N) is 2. The second-order valence-electron chi connectivity index (χ2n) is 5.66. The Kier molecular flexibility index (Phi) is 5.59. The number of aromatic nitrogens is 1. The van der Waals surface area contributed by atoms with Crippen LogP contribution < -0.4 is 10.0 Å². The molecule has 0 aliphatic carbocycles. The standard InChI is InChI=1S/C13H24N4O2S2/c1-10(2)12-9-20-13(15-12)16-21(18,19)17-7-5-4-6-11(17)8-14-3/h9-11,14H,4-8H2,1-3H3,(H,15,16). The highest BCUT2D eigenvalue weighted by atomic mass is 32.2. The molecule has 1 aromatic heterocycles. The highest BCUT2D eigenvalue weighted by Gasteiger charge is 2.32. The molecule has 0 radical (unpaired) electrons. The summed E-state index contributed by atoms with van der Waals surface area (Å²) < 4.78 is 29.3. The van der Waals surface area contributed by atoms with Gasteiger partial charge < -0.3 is 5.32 Å². The molecule has 1 unspecified atom stereocenters. The van der Waals surface area contributed by atoms with Gasteiger partial charge in [0.25, 0.3) is 0 Å². The van der Waals surface area contributed by atoms with Crippen molar-refractivity contribution in [1.82, 2.24) is 14.6 Å². The van der Waals surface area contributed by atoms with Gasteiger partial charge in [-0.15, -0.1) is 11.3 Å². The van der Waals surface area contributed by atoms with Crippen molar-refractivity contribution >= 4 is 26.7 Å². The molecular weight excluding hydrogens is 308 g/mol. The van der Waals surface area contributed by atoms with Gasteiger partial charge in [-0.3, -0.25) is 0 Å². The Morgan fingerprint density at radius 1 is 1.48 bits per heavy atom. The first-order valence-corrected chi connectivity index (χ1v) is 9.65. The molecule has 1 aliphatic rings. The van der Waals surface area contributed by atoms with Gasteiger partial charge in [0.1, 0.15) is 0 Å². The number of anilines is 1. The predicted octanol–water partition coefficient (Wildman–Crippen LogP) is 2.00. The van der Waals surface area contributed by atoms with E-state index < -0.39 is 10.2 Å². The number of hydrogen-bond acceptors (Lipinski definition) is 5. The Morgan fingerprint density at radius 3 is 2.86 bits per heavy atom. The van der Waals surface area contributed by atoms with Crippen LogP contribution in [-0.4, -0.2) is 43.9 Å². The van der Waals surface area contributed by atoms with Crippen LogP contribution in [0.2, 0.25) is 0 Å². The number of likely N-dealkylation sites (N-methyl/N-ethyl adjacent to an activating group) is 1. The molecule has 2 rings (SSSR count). The normalized spacial score (nSPS) is 20.9. The van der Waals surface area contributed by atoms with Crippen molar-refractivity contribution in [2.75, 3.05) is 24.9 Å². The van der Waals surface area contributed by atoms with Crippen LogP contribution in [0.25, 0.3) is 0 Å². The SMILES string of the molecule is CNCC1CCCCN1S(=O)(=O)Nc1nc(C(C)C)cs1. The molecule has 21 heavy (non-hydrogen) atoms. The van der Waals surface area contributed by atoms with Gasteiger partial charge in [0, 0.05) is 24.5 Å². The van der Waals surface area contributed by atoms with Crippen molar-refractivity contribution in [2.45, 2.75) is 45.1 Å². The number of piperidine rings is 1. The lowest BCUT2D eigenvalue weighted by Gasteiger charge is -2.34. The summed E-state index contributed by atoms with van der Waals surface area (Å²) in [6.45, 7) is 5.34. The second-order valence-corrected chi connectivity index (χ2v) is 8.14. The van der Waals surface area contributed by atoms with Gasteiger partial charge in [-0.05, 0) is 25.8 Å². The fourth-order valence-corrected chi connectivity index (χ4v) is 5.05. The van der Waals surface area contributed by atoms with E-state index in [9.17, 15) is 8.42 Å². The fourth-order valence-electron chi connectivity index (χ4n) is 2.50. The molecule has 6 nitrogen and oxygen atoms in total. The molecule has 0 bridgehead atoms. The van der Waals surface area contributed by atoms with Crippen molar-refractivity contribution in [1.29, 1.82) is 0 Å². The van der Waals surface area contributed by atoms with Crippen LogP contribution >= 0.6 is 11.3 Å². The summed E-state index contributed by atoms with van der Waals surface area (Å²) in [5.41, 5.74) is 0.920. The summed E-state index contributed by atoms with van der Waals surface area (Å²) in [5.74, 6) is 0.298. The van der Waals surface area contributed by atoms with E-state index >= 15 is 0 Å². The minimum atomic E-state index is -3.53. The van der Waals surface area contributed by atoms with E-state index in [1.54, 1.807) is 4.31 Å². The Hall–Kier alpha value is -0.700. The maximum atomic E-state index is 12.6. The summed E-state index contributed by atoms with van der Waals surface area (Å²) in [5, 5.41) is 5.43. The van der Waals surface area contributed by atoms with Gasteiger partial charge in [0.2, 0.25) is 0 Å². The molecule has 1 aliphatic heterocycles. The van der Waals surface area contributed by atoms with Crippen LogP contribution in [0.3, 0.4) is 0 Å². The summed E-state index contributed by atoms with van der Waals surface area (Å²) in [6.07, 6.45) is 2.89. The van der Waals surface area contributed by atoms with Crippen LogP contribution in [-0.2, 0) is 10.2 Å². The van der Waals surface area contributed by atoms with Crippen LogP contribution in [0.15, 0.2) is 5.38 Å². The van der Waals surface area contributed by atoms with Crippen molar-refractivity contribution in [3.05, 3.63) is 11.1 Å². The quantitative estimate of drug-likeness (QED) is 0.835. The molecule has 2 N–H and O–H groups in total. The van der Waals surface area contributed by atoms with Crippen LogP contribution in [0.1, 0.15) is 44.7 Å². The second kappa shape index (κ2) is 7.04. The van der Waals surface area contributed by atoms with Gasteiger partial charge >= 0.3 is 10.2 Å². The molecule has 0 amide bonds. The third-order valence-electron chi connectivity index (χ3n) is 3.65. The van der Waals surface area contributed by atoms with Crippen LogP contribution in [0, 0.1) is 0 Å². The summed E-state index contributed by atoms with van der Waals surface area (Å²) in [4.78, 5) is 4.35. The number of hydrogen-bond donors (Lipinski definition) is 2. The zero-order chi connectivity index (χ0) is 15.5. The zero-order valence-corrected chi connectivity index (χ0v) is 14.4. The van der Waals surface area contributed by atoms with Crippen molar-refractivity contribution in [3.8, 4) is 0 Å². The molecule has 1 fully saturated rings. The summed E-state index contributed by atoms with van der Waals surface area (Å²) >= 11 is 1.34. The summed E-state index contributed by atoms with van der Waals surface area (Å²) in [6, 6.07) is 0.0192. The number of rotatable bonds is 6. The van der Waals surface area contributed by atoms with Crippen LogP contribution in [0.4, 0.5) is 5.13 Å². The Balaban J connectivity index is 2.11. The van der Waals surface area contributed by atoms with E-state index in [0.717, 1.165) is 25.0 Å². The van der Waals surface area contributed by atoms with Gasteiger partial charge in [-0.1, -0.05) is 20.3 Å². The smallest absolute Gasteiger partial charge is 0.303 e. The first-order chi connectivity index (χ1) is 9.94. The van der Waals surface area contributed by atoms with Gasteiger partial charge in [-0.25, -0.2) is 9.71 Å². The lowest BCUT2D eigenvalue weighted by molar-refractivity contribution is 0.250. The Bertz CT molecular complexity index is 554. The van der Waals surface area contributed by atoms with Gasteiger partial charge in [-0.2, -0.15) is 12.7 Å². The molecule has 1 atom stereocenters. The zero-order valence-electron chi connectivity index (χ0n) is 12.8. The van der Waals surface area contributed by atoms with Crippen molar-refractivity contribution < 1.29 is 8.42 Å². The number of nitrogens with one attached hydrogen (secondary N) is 2. The summed E-state index contributed by atoms with van der Waals surface area (Å²) in [7, 11) is -1.68. The van der Waals surface area contributed by atoms with Crippen molar-refractivity contribution in [2.24, 2.45) is 0 Å². The highest BCUT2D eigenvalue weighted by molar-refractivity contribution is 7.90. The minimum Gasteiger partial charge on any atom is -0.318 e. The topological polar surface area (TPSA) is 74.3 Å². The average molecular weight is 332 g/mol. The fraction of sp³-hybridized carbons (Fsp3) is 0.769. The maximum absolute atomic E-state index is 12.6. The maximum Gasteiger partial charge on any atom is 0.303 e. The molecule has 8 heteroatoms. The van der Waals surface area contributed by atoms with E-state index in [1.807, 2.05) is 26.3 Å². The molecule has 0 spiro atoms. The van der Waals surface area contributed by atoms with E-state index in [2.05, 4.69) is 15.0 Å². The largest absolute Gasteiger partial charge is 0.318 e. The molecule has 0 aromatic carbocycles. The van der Waals surface area contributed by atoms with Crippen molar-refractivity contribution in [3.63, 3.8) is 0 Å². The third kappa shape index (κ3) is 4.15. The molecule has 2 heterocycles. The van der Waals surface area contributed by atoms with Gasteiger partial charge in [0.15, 0.2) is 5.13 Å². The van der Waals surface area contributed by atoms with E-state index in [-0.39, 0.29) is 6.04 Å². The molecule has 1 aromatic rings. The first kappa shape index (κ1) is 16.7. The monoisotopic (exact) mass is 332 g/mol. The van der Waals surface area contributed by atoms with Gasteiger partial charge in [0.05, 0.1) is 5.69 Å².